The van der Waals surface area contributed by atoms with Crippen molar-refractivity contribution in [1.29, 1.82) is 0 Å². The molecule has 0 heterocycles. The molecule has 108 valence electrons. The minimum absolute atomic E-state index is 0. The van der Waals surface area contributed by atoms with Gasteiger partial charge in [0.05, 0.1) is 6.67 Å². The van der Waals surface area contributed by atoms with Crippen LogP contribution < -0.4 is 0 Å². The zero-order chi connectivity index (χ0) is 8.69. The van der Waals surface area contributed by atoms with Crippen molar-refractivity contribution in [3.63, 3.8) is 0 Å². The van der Waals surface area contributed by atoms with Crippen LogP contribution in [0.2, 0.25) is 0 Å². The molecule has 0 fully saturated rings. The Bertz CT molecular complexity index is 66.8. The standard InChI is InChI=1S/C9H22N2.5CH4/c1-5-10(6-2)9-11(7-3)8-4;;;;;/h5-9H2,1-4H3;5*1H4. The van der Waals surface area contributed by atoms with Gasteiger partial charge in [0, 0.05) is 0 Å². The van der Waals surface area contributed by atoms with E-state index in [4.69, 9.17) is 0 Å². The first-order valence-electron chi connectivity index (χ1n) is 4.73. The second-order valence-corrected chi connectivity index (χ2v) is 2.75. The molecular weight excluding hydrogens is 196 g/mol. The average Bonchev–Trinajstić information content (AvgIpc) is 2.07. The van der Waals surface area contributed by atoms with E-state index in [1.54, 1.807) is 0 Å². The number of rotatable bonds is 6. The molecule has 0 amide bonds. The van der Waals surface area contributed by atoms with Crippen LogP contribution >= 0.6 is 0 Å². The summed E-state index contributed by atoms with van der Waals surface area (Å²) in [6.45, 7) is 14.6. The van der Waals surface area contributed by atoms with Crippen LogP contribution in [0.5, 0.6) is 0 Å². The molecule has 0 radical (unpaired) electrons. The Morgan fingerprint density at radius 3 is 0.812 bits per heavy atom. The van der Waals surface area contributed by atoms with Crippen LogP contribution in [0.1, 0.15) is 64.8 Å². The van der Waals surface area contributed by atoms with E-state index in [-0.39, 0.29) is 37.1 Å². The summed E-state index contributed by atoms with van der Waals surface area (Å²) in [5, 5.41) is 0. The van der Waals surface area contributed by atoms with Gasteiger partial charge < -0.3 is 0 Å². The Morgan fingerprint density at radius 1 is 0.500 bits per heavy atom. The Morgan fingerprint density at radius 2 is 0.688 bits per heavy atom. The van der Waals surface area contributed by atoms with E-state index in [2.05, 4.69) is 37.5 Å². The summed E-state index contributed by atoms with van der Waals surface area (Å²) >= 11 is 0. The number of hydrogen-bond donors (Lipinski definition) is 0. The molecule has 0 aliphatic heterocycles. The van der Waals surface area contributed by atoms with Crippen molar-refractivity contribution in [3.8, 4) is 0 Å². The molecule has 2 heteroatoms. The smallest absolute Gasteiger partial charge is 0.0505 e. The minimum atomic E-state index is 0. The van der Waals surface area contributed by atoms with Gasteiger partial charge in [0.25, 0.3) is 0 Å². The highest BCUT2D eigenvalue weighted by Crippen LogP contribution is 1.92. The third kappa shape index (κ3) is 16.4. The molecule has 16 heavy (non-hydrogen) atoms. The molecule has 0 atom stereocenters. The molecular formula is C14H42N2. The van der Waals surface area contributed by atoms with E-state index in [9.17, 15) is 0 Å². The predicted molar refractivity (Wildman–Crippen MR) is 84.4 cm³/mol. The van der Waals surface area contributed by atoms with E-state index in [0.717, 1.165) is 32.8 Å². The van der Waals surface area contributed by atoms with Crippen molar-refractivity contribution in [2.45, 2.75) is 64.8 Å². The van der Waals surface area contributed by atoms with Crippen LogP contribution in [-0.4, -0.2) is 42.6 Å². The highest BCUT2D eigenvalue weighted by molar-refractivity contribution is 4.53. The van der Waals surface area contributed by atoms with Crippen molar-refractivity contribution in [2.75, 3.05) is 32.8 Å². The van der Waals surface area contributed by atoms with Crippen molar-refractivity contribution in [2.24, 2.45) is 0 Å². The summed E-state index contributed by atoms with van der Waals surface area (Å²) in [6, 6.07) is 0. The van der Waals surface area contributed by atoms with Gasteiger partial charge in [-0.15, -0.1) is 0 Å². The summed E-state index contributed by atoms with van der Waals surface area (Å²) in [5.41, 5.74) is 0. The first-order valence-corrected chi connectivity index (χ1v) is 4.73. The topological polar surface area (TPSA) is 6.48 Å². The van der Waals surface area contributed by atoms with E-state index < -0.39 is 0 Å². The molecule has 0 aliphatic rings. The van der Waals surface area contributed by atoms with Gasteiger partial charge in [-0.1, -0.05) is 64.8 Å². The molecule has 0 spiro atoms. The molecule has 0 rings (SSSR count). The van der Waals surface area contributed by atoms with Crippen molar-refractivity contribution < 1.29 is 0 Å². The third-order valence-corrected chi connectivity index (χ3v) is 2.19. The Balaban J connectivity index is -0.0000000500. The fraction of sp³-hybridized carbons (Fsp3) is 1.00. The van der Waals surface area contributed by atoms with Crippen LogP contribution in [0.3, 0.4) is 0 Å². The highest BCUT2D eigenvalue weighted by atomic mass is 15.3. The van der Waals surface area contributed by atoms with Crippen LogP contribution in [0.15, 0.2) is 0 Å². The zero-order valence-corrected chi connectivity index (χ0v) is 8.43. The fourth-order valence-electron chi connectivity index (χ4n) is 1.13. The largest absolute Gasteiger partial charge is 0.291 e. The maximum atomic E-state index is 2.44. The molecule has 0 saturated heterocycles. The van der Waals surface area contributed by atoms with Gasteiger partial charge in [0.2, 0.25) is 0 Å². The quantitative estimate of drug-likeness (QED) is 0.613. The summed E-state index contributed by atoms with van der Waals surface area (Å²) in [5.74, 6) is 0. The Hall–Kier alpha value is -0.0800. The molecule has 0 N–H and O–H groups in total. The van der Waals surface area contributed by atoms with E-state index >= 15 is 0 Å². The predicted octanol–water partition coefficient (Wildman–Crippen LogP) is 4.81. The van der Waals surface area contributed by atoms with Crippen molar-refractivity contribution in [1.82, 2.24) is 9.80 Å². The highest BCUT2D eigenvalue weighted by Gasteiger charge is 2.03. The third-order valence-electron chi connectivity index (χ3n) is 2.19. The van der Waals surface area contributed by atoms with Crippen molar-refractivity contribution >= 4 is 0 Å². The molecule has 0 saturated carbocycles. The second kappa shape index (κ2) is 24.2. The van der Waals surface area contributed by atoms with Gasteiger partial charge in [-0.05, 0) is 26.2 Å². The average molecular weight is 239 g/mol. The zero-order valence-electron chi connectivity index (χ0n) is 8.43. The van der Waals surface area contributed by atoms with Gasteiger partial charge in [-0.2, -0.15) is 0 Å². The maximum absolute atomic E-state index is 2.44. The lowest BCUT2D eigenvalue weighted by Crippen LogP contribution is -2.37. The van der Waals surface area contributed by atoms with Crippen LogP contribution in [0.4, 0.5) is 0 Å². The lowest BCUT2D eigenvalue weighted by atomic mass is 10.5. The van der Waals surface area contributed by atoms with Gasteiger partial charge >= 0.3 is 0 Å². The summed E-state index contributed by atoms with van der Waals surface area (Å²) in [4.78, 5) is 4.88. The van der Waals surface area contributed by atoms with E-state index in [0.29, 0.717) is 0 Å². The molecule has 2 nitrogen and oxygen atoms in total. The van der Waals surface area contributed by atoms with Gasteiger partial charge in [-0.25, -0.2) is 0 Å². The Kier molecular flexibility index (Phi) is 54.6. The summed E-state index contributed by atoms with van der Waals surface area (Å²) in [7, 11) is 0. The second-order valence-electron chi connectivity index (χ2n) is 2.75. The lowest BCUT2D eigenvalue weighted by molar-refractivity contribution is 0.152. The molecule has 0 unspecified atom stereocenters. The SMILES string of the molecule is C.C.C.C.C.CCN(CC)CN(CC)CC. The molecule has 0 aromatic heterocycles. The molecule has 0 aromatic carbocycles. The maximum Gasteiger partial charge on any atom is 0.0505 e. The van der Waals surface area contributed by atoms with Gasteiger partial charge in [-0.3, -0.25) is 9.80 Å². The normalized spacial score (nSPS) is 7.88. The Labute approximate surface area is 108 Å². The minimum Gasteiger partial charge on any atom is -0.291 e. The van der Waals surface area contributed by atoms with Crippen LogP contribution in [0, 0.1) is 0 Å². The van der Waals surface area contributed by atoms with E-state index in [1.807, 2.05) is 0 Å². The van der Waals surface area contributed by atoms with Crippen molar-refractivity contribution in [3.05, 3.63) is 0 Å². The monoisotopic (exact) mass is 238 g/mol. The lowest BCUT2D eigenvalue weighted by Gasteiger charge is -2.26. The van der Waals surface area contributed by atoms with Crippen LogP contribution in [0.25, 0.3) is 0 Å². The fourth-order valence-corrected chi connectivity index (χ4v) is 1.13. The molecule has 0 bridgehead atoms. The first kappa shape index (κ1) is 36.0. The number of hydrogen-bond acceptors (Lipinski definition) is 2. The van der Waals surface area contributed by atoms with Gasteiger partial charge in [0.1, 0.15) is 0 Å². The number of nitrogens with zero attached hydrogens (tertiary/aromatic N) is 2. The molecule has 0 aliphatic carbocycles. The summed E-state index contributed by atoms with van der Waals surface area (Å²) in [6.07, 6.45) is 0. The molecule has 0 aromatic rings. The first-order chi connectivity index (χ1) is 5.28. The van der Waals surface area contributed by atoms with E-state index in [1.165, 1.54) is 0 Å². The summed E-state index contributed by atoms with van der Waals surface area (Å²) < 4.78 is 0. The van der Waals surface area contributed by atoms with Crippen LogP contribution in [-0.2, 0) is 0 Å². The van der Waals surface area contributed by atoms with Gasteiger partial charge in [0.15, 0.2) is 0 Å².